The lowest BCUT2D eigenvalue weighted by Gasteiger charge is -2.11. The topological polar surface area (TPSA) is 56.5 Å². The number of hydrogen-bond donors (Lipinski definition) is 0. The molecule has 3 rings (SSSR count). The predicted molar refractivity (Wildman–Crippen MR) is 99.6 cm³/mol. The third-order valence-corrected chi connectivity index (χ3v) is 4.07. The number of hydrogen-bond acceptors (Lipinski definition) is 4. The summed E-state index contributed by atoms with van der Waals surface area (Å²) in [6, 6.07) is 12.0. The van der Waals surface area contributed by atoms with Crippen molar-refractivity contribution in [3.8, 4) is 5.75 Å². The Morgan fingerprint density at radius 1 is 0.931 bits per heavy atom. The molecule has 0 saturated heterocycles. The first-order chi connectivity index (χ1) is 14.0. The molecule has 0 atom stereocenters. The van der Waals surface area contributed by atoms with Crippen LogP contribution in [0, 0.1) is 11.6 Å². The fourth-order valence-electron chi connectivity index (χ4n) is 2.59. The molecule has 148 valence electrons. The molecule has 7 heteroatoms. The Morgan fingerprint density at radius 3 is 2.24 bits per heavy atom. The number of aromatic nitrogens is 1. The van der Waals surface area contributed by atoms with E-state index in [9.17, 15) is 18.4 Å². The van der Waals surface area contributed by atoms with Crippen molar-refractivity contribution in [2.24, 2.45) is 0 Å². The van der Waals surface area contributed by atoms with Gasteiger partial charge in [-0.2, -0.15) is 4.79 Å². The van der Waals surface area contributed by atoms with Gasteiger partial charge in [-0.3, -0.25) is 4.79 Å². The molecule has 5 nitrogen and oxygen atoms in total. The van der Waals surface area contributed by atoms with E-state index in [2.05, 4.69) is 0 Å². The van der Waals surface area contributed by atoms with Crippen LogP contribution in [0.2, 0.25) is 0 Å². The van der Waals surface area contributed by atoms with E-state index in [1.807, 2.05) is 0 Å². The highest BCUT2D eigenvalue weighted by Crippen LogP contribution is 2.24. The molecule has 0 aliphatic heterocycles. The highest BCUT2D eigenvalue weighted by molar-refractivity contribution is 6.10. The molecule has 0 unspecified atom stereocenters. The minimum Gasteiger partial charge on any atom is -0.488 e. The molecule has 0 N–H and O–H groups in total. The number of carbonyl (C=O) groups excluding carboxylic acids is 2. The number of ketones is 1. The van der Waals surface area contributed by atoms with Crippen LogP contribution in [-0.4, -0.2) is 18.5 Å². The van der Waals surface area contributed by atoms with Crippen LogP contribution in [0.3, 0.4) is 0 Å². The Morgan fingerprint density at radius 2 is 1.59 bits per heavy atom. The van der Waals surface area contributed by atoms with Crippen LogP contribution < -0.4 is 9.30 Å². The summed E-state index contributed by atoms with van der Waals surface area (Å²) in [6.45, 7) is 2.03. The van der Waals surface area contributed by atoms with Crippen LogP contribution in [0.15, 0.2) is 67.0 Å². The number of rotatable bonds is 6. The van der Waals surface area contributed by atoms with Crippen molar-refractivity contribution in [3.05, 3.63) is 95.3 Å². The summed E-state index contributed by atoms with van der Waals surface area (Å²) in [7, 11) is 0. The van der Waals surface area contributed by atoms with E-state index in [4.69, 9.17) is 9.47 Å². The quantitative estimate of drug-likeness (QED) is 0.464. The minimum atomic E-state index is -0.552. The van der Waals surface area contributed by atoms with E-state index in [-0.39, 0.29) is 30.1 Å². The van der Waals surface area contributed by atoms with Gasteiger partial charge < -0.3 is 9.47 Å². The van der Waals surface area contributed by atoms with Gasteiger partial charge in [-0.15, -0.1) is 0 Å². The number of halogens is 2. The Kier molecular flexibility index (Phi) is 6.29. The first kappa shape index (κ1) is 20.1. The summed E-state index contributed by atoms with van der Waals surface area (Å²) in [5, 5.41) is 0. The van der Waals surface area contributed by atoms with Gasteiger partial charge in [0, 0.05) is 29.3 Å². The van der Waals surface area contributed by atoms with E-state index in [1.165, 1.54) is 47.3 Å². The van der Waals surface area contributed by atoms with Gasteiger partial charge in [-0.25, -0.2) is 8.78 Å². The van der Waals surface area contributed by atoms with E-state index >= 15 is 0 Å². The average molecular weight is 398 g/mol. The Hall–Kier alpha value is -3.61. The molecule has 1 aromatic heterocycles. The maximum Gasteiger partial charge on any atom is 0.601 e. The predicted octanol–water partition coefficient (Wildman–Crippen LogP) is 4.07. The average Bonchev–Trinajstić information content (AvgIpc) is 2.73. The molecule has 2 aromatic carbocycles. The zero-order valence-corrected chi connectivity index (χ0v) is 15.6. The first-order valence-electron chi connectivity index (χ1n) is 8.88. The molecule has 0 spiro atoms. The number of ether oxygens (including phenoxy) is 2. The summed E-state index contributed by atoms with van der Waals surface area (Å²) >= 11 is 0. The molecule has 0 fully saturated rings. The van der Waals surface area contributed by atoms with Crippen molar-refractivity contribution in [3.63, 3.8) is 0 Å². The van der Waals surface area contributed by atoms with Gasteiger partial charge in [0.15, 0.2) is 18.2 Å². The lowest BCUT2D eigenvalue weighted by Crippen LogP contribution is -2.42. The van der Waals surface area contributed by atoms with E-state index < -0.39 is 23.5 Å². The molecule has 0 aliphatic carbocycles. The maximum atomic E-state index is 13.7. The van der Waals surface area contributed by atoms with Gasteiger partial charge >= 0.3 is 6.09 Å². The number of carbonyl (C=O) groups is 2. The van der Waals surface area contributed by atoms with Gasteiger partial charge in [0.1, 0.15) is 24.0 Å². The monoisotopic (exact) mass is 398 g/mol. The van der Waals surface area contributed by atoms with Crippen LogP contribution in [0.25, 0.3) is 0 Å². The molecule has 1 heterocycles. The molecule has 0 bridgehead atoms. The SMILES string of the molecule is CCOC(=O)[n+]1ccc(COc2cc(F)ccc2C(=O)c2ccc(F)cc2)cc1. The summed E-state index contributed by atoms with van der Waals surface area (Å²) < 4.78 is 38.6. The van der Waals surface area contributed by atoms with Crippen molar-refractivity contribution < 1.29 is 32.4 Å². The van der Waals surface area contributed by atoms with Gasteiger partial charge in [-0.1, -0.05) is 4.57 Å². The van der Waals surface area contributed by atoms with Crippen molar-refractivity contribution in [1.82, 2.24) is 0 Å². The van der Waals surface area contributed by atoms with Crippen molar-refractivity contribution >= 4 is 11.9 Å². The fourth-order valence-corrected chi connectivity index (χ4v) is 2.59. The molecule has 29 heavy (non-hydrogen) atoms. The van der Waals surface area contributed by atoms with E-state index in [0.29, 0.717) is 5.56 Å². The zero-order valence-electron chi connectivity index (χ0n) is 15.6. The molecule has 0 amide bonds. The lowest BCUT2D eigenvalue weighted by atomic mass is 10.0. The molecule has 0 aliphatic rings. The summed E-state index contributed by atoms with van der Waals surface area (Å²) in [5.74, 6) is -1.35. The highest BCUT2D eigenvalue weighted by Gasteiger charge is 2.17. The largest absolute Gasteiger partial charge is 0.601 e. The van der Waals surface area contributed by atoms with E-state index in [1.54, 1.807) is 19.1 Å². The number of benzene rings is 2. The third kappa shape index (κ3) is 5.01. The highest BCUT2D eigenvalue weighted by atomic mass is 19.1. The van der Waals surface area contributed by atoms with Crippen molar-refractivity contribution in [2.45, 2.75) is 13.5 Å². The van der Waals surface area contributed by atoms with Crippen LogP contribution in [0.1, 0.15) is 28.4 Å². The molecule has 3 aromatic rings. The summed E-state index contributed by atoms with van der Waals surface area (Å²) in [6.07, 6.45) is 2.54. The minimum absolute atomic E-state index is 0.0524. The molecule has 0 radical (unpaired) electrons. The standard InChI is InChI=1S/C22H18F2NO4/c1-2-28-22(27)25-11-9-15(10-12-25)14-29-20-13-18(24)7-8-19(20)21(26)16-3-5-17(23)6-4-16/h3-13H,2,14H2,1H3/q+1. The van der Waals surface area contributed by atoms with Crippen LogP contribution in [0.4, 0.5) is 13.6 Å². The van der Waals surface area contributed by atoms with Crippen LogP contribution in [0.5, 0.6) is 5.75 Å². The third-order valence-electron chi connectivity index (χ3n) is 4.07. The van der Waals surface area contributed by atoms with Crippen LogP contribution >= 0.6 is 0 Å². The Balaban J connectivity index is 1.77. The lowest BCUT2D eigenvalue weighted by molar-refractivity contribution is -0.586. The van der Waals surface area contributed by atoms with Gasteiger partial charge in [0.25, 0.3) is 0 Å². The molecule has 0 saturated carbocycles. The second-order valence-electron chi connectivity index (χ2n) is 6.08. The normalized spacial score (nSPS) is 10.4. The fraction of sp³-hybridized carbons (Fsp3) is 0.136. The van der Waals surface area contributed by atoms with Gasteiger partial charge in [-0.05, 0) is 43.3 Å². The first-order valence-corrected chi connectivity index (χ1v) is 8.88. The van der Waals surface area contributed by atoms with Gasteiger partial charge in [0.2, 0.25) is 0 Å². The molecular formula is C22H18F2NO4+. The van der Waals surface area contributed by atoms with Crippen molar-refractivity contribution in [2.75, 3.05) is 6.61 Å². The smallest absolute Gasteiger partial charge is 0.488 e. The van der Waals surface area contributed by atoms with Crippen molar-refractivity contribution in [1.29, 1.82) is 0 Å². The second-order valence-corrected chi connectivity index (χ2v) is 6.08. The zero-order chi connectivity index (χ0) is 20.8. The summed E-state index contributed by atoms with van der Waals surface area (Å²) in [4.78, 5) is 24.4. The number of nitrogens with zero attached hydrogens (tertiary/aromatic N) is 1. The van der Waals surface area contributed by atoms with Crippen LogP contribution in [-0.2, 0) is 11.3 Å². The maximum absolute atomic E-state index is 13.7. The van der Waals surface area contributed by atoms with E-state index in [0.717, 1.165) is 12.1 Å². The summed E-state index contributed by atoms with van der Waals surface area (Å²) in [5.41, 5.74) is 1.13. The molecular weight excluding hydrogens is 380 g/mol. The Labute approximate surface area is 166 Å². The van der Waals surface area contributed by atoms with Gasteiger partial charge in [0.05, 0.1) is 12.2 Å². The number of pyridine rings is 1. The Bertz CT molecular complexity index is 1020. The second kappa shape index (κ2) is 9.05.